The van der Waals surface area contributed by atoms with Crippen molar-refractivity contribution < 1.29 is 19.1 Å². The normalized spacial score (nSPS) is 18.6. The third kappa shape index (κ3) is 14.2. The van der Waals surface area contributed by atoms with Crippen LogP contribution in [0.1, 0.15) is 136 Å². The fourth-order valence-corrected chi connectivity index (χ4v) is 4.68. The third-order valence-electron chi connectivity index (χ3n) is 6.78. The minimum atomic E-state index is -0.304. The predicted molar refractivity (Wildman–Crippen MR) is 133 cm³/mol. The molecule has 0 bridgehead atoms. The predicted octanol–water partition coefficient (Wildman–Crippen LogP) is 8.02. The molecule has 0 radical (unpaired) electrons. The van der Waals surface area contributed by atoms with Crippen molar-refractivity contribution in [1.82, 2.24) is 0 Å². The van der Waals surface area contributed by atoms with Crippen LogP contribution in [-0.2, 0) is 19.1 Å². The molecule has 1 aliphatic rings. The fraction of sp³-hybridized carbons (Fsp3) is 0.929. The number of rotatable bonds is 19. The number of carbonyl (C=O) groups excluding carboxylic acids is 2. The zero-order valence-corrected chi connectivity index (χ0v) is 21.5. The van der Waals surface area contributed by atoms with Crippen molar-refractivity contribution in [2.24, 2.45) is 17.8 Å². The van der Waals surface area contributed by atoms with E-state index in [0.717, 1.165) is 57.3 Å². The summed E-state index contributed by atoms with van der Waals surface area (Å²) in [6.07, 6.45) is 20.4. The molecule has 0 amide bonds. The molecule has 0 heterocycles. The second kappa shape index (κ2) is 19.4. The Labute approximate surface area is 198 Å². The monoisotopic (exact) mass is 452 g/mol. The highest BCUT2D eigenvalue weighted by Crippen LogP contribution is 2.32. The number of esters is 2. The molecule has 1 aliphatic carbocycles. The van der Waals surface area contributed by atoms with Crippen LogP contribution in [0.3, 0.4) is 0 Å². The largest absolute Gasteiger partial charge is 0.465 e. The lowest BCUT2D eigenvalue weighted by Crippen LogP contribution is -2.35. The van der Waals surface area contributed by atoms with Gasteiger partial charge in [0.1, 0.15) is 0 Å². The van der Waals surface area contributed by atoms with Crippen LogP contribution in [0.4, 0.5) is 0 Å². The Hall–Kier alpha value is -1.06. The molecule has 2 atom stereocenters. The molecule has 2 unspecified atom stereocenters. The smallest absolute Gasteiger partial charge is 0.309 e. The van der Waals surface area contributed by atoms with Gasteiger partial charge in [-0.3, -0.25) is 9.59 Å². The molecule has 0 aromatic heterocycles. The van der Waals surface area contributed by atoms with Crippen molar-refractivity contribution in [3.63, 3.8) is 0 Å². The van der Waals surface area contributed by atoms with Gasteiger partial charge in [0.25, 0.3) is 0 Å². The summed E-state index contributed by atoms with van der Waals surface area (Å²) in [5.74, 6) is -0.169. The van der Waals surface area contributed by atoms with Gasteiger partial charge in [-0.05, 0) is 31.6 Å². The third-order valence-corrected chi connectivity index (χ3v) is 6.78. The Bertz CT molecular complexity index is 474. The molecule has 188 valence electrons. The summed E-state index contributed by atoms with van der Waals surface area (Å²) < 4.78 is 11.1. The van der Waals surface area contributed by atoms with Gasteiger partial charge in [-0.15, -0.1) is 0 Å². The highest BCUT2D eigenvalue weighted by atomic mass is 16.5. The van der Waals surface area contributed by atoms with Crippen LogP contribution in [0.25, 0.3) is 0 Å². The van der Waals surface area contributed by atoms with Gasteiger partial charge in [-0.1, -0.05) is 111 Å². The Morgan fingerprint density at radius 3 is 1.50 bits per heavy atom. The van der Waals surface area contributed by atoms with Gasteiger partial charge >= 0.3 is 11.9 Å². The highest BCUT2D eigenvalue weighted by molar-refractivity contribution is 5.82. The van der Waals surface area contributed by atoms with E-state index in [1.54, 1.807) is 0 Å². The standard InChI is InChI=1S/C28H52O4/c1-4-5-6-7-9-12-17-22-31-27(29)25-20-15-16-21-26(25)28(30)32-23-18-13-10-8-11-14-19-24(2)3/h24-26H,4-23H2,1-3H3. The van der Waals surface area contributed by atoms with Gasteiger partial charge in [-0.2, -0.15) is 0 Å². The van der Waals surface area contributed by atoms with Crippen molar-refractivity contribution in [3.05, 3.63) is 0 Å². The van der Waals surface area contributed by atoms with E-state index in [4.69, 9.17) is 9.47 Å². The van der Waals surface area contributed by atoms with Crippen LogP contribution >= 0.6 is 0 Å². The quantitative estimate of drug-likeness (QED) is 0.147. The maximum atomic E-state index is 12.6. The summed E-state index contributed by atoms with van der Waals surface area (Å²) in [6, 6.07) is 0. The van der Waals surface area contributed by atoms with E-state index in [0.29, 0.717) is 13.2 Å². The van der Waals surface area contributed by atoms with Gasteiger partial charge in [0.15, 0.2) is 0 Å². The average molecular weight is 453 g/mol. The summed E-state index contributed by atoms with van der Waals surface area (Å²) >= 11 is 0. The first-order valence-electron chi connectivity index (χ1n) is 13.9. The Kier molecular flexibility index (Phi) is 17.6. The first-order valence-corrected chi connectivity index (χ1v) is 13.9. The number of ether oxygens (including phenoxy) is 2. The summed E-state index contributed by atoms with van der Waals surface area (Å²) in [5, 5.41) is 0. The molecule has 0 spiro atoms. The van der Waals surface area contributed by atoms with Crippen LogP contribution in [0.5, 0.6) is 0 Å². The Morgan fingerprint density at radius 2 is 1.06 bits per heavy atom. The fourth-order valence-electron chi connectivity index (χ4n) is 4.68. The van der Waals surface area contributed by atoms with Gasteiger partial charge in [-0.25, -0.2) is 0 Å². The zero-order valence-electron chi connectivity index (χ0n) is 21.5. The van der Waals surface area contributed by atoms with Gasteiger partial charge < -0.3 is 9.47 Å². The summed E-state index contributed by atoms with van der Waals surface area (Å²) in [7, 11) is 0. The van der Waals surface area contributed by atoms with E-state index in [9.17, 15) is 9.59 Å². The summed E-state index contributed by atoms with van der Waals surface area (Å²) in [6.45, 7) is 7.76. The molecule has 0 saturated heterocycles. The van der Waals surface area contributed by atoms with E-state index in [1.165, 1.54) is 64.2 Å². The molecule has 4 nitrogen and oxygen atoms in total. The number of hydrogen-bond donors (Lipinski definition) is 0. The minimum Gasteiger partial charge on any atom is -0.465 e. The topological polar surface area (TPSA) is 52.6 Å². The molecule has 0 aromatic rings. The molecule has 1 fully saturated rings. The number of carbonyl (C=O) groups is 2. The van der Waals surface area contributed by atoms with E-state index >= 15 is 0 Å². The van der Waals surface area contributed by atoms with Crippen molar-refractivity contribution in [2.45, 2.75) is 136 Å². The van der Waals surface area contributed by atoms with Crippen molar-refractivity contribution >= 4 is 11.9 Å². The van der Waals surface area contributed by atoms with Crippen LogP contribution < -0.4 is 0 Å². The van der Waals surface area contributed by atoms with E-state index in [1.807, 2.05) is 0 Å². The lowest BCUT2D eigenvalue weighted by atomic mass is 9.79. The second-order valence-electron chi connectivity index (χ2n) is 10.3. The Balaban J connectivity index is 2.15. The second-order valence-corrected chi connectivity index (χ2v) is 10.3. The van der Waals surface area contributed by atoms with Crippen molar-refractivity contribution in [2.75, 3.05) is 13.2 Å². The summed E-state index contributed by atoms with van der Waals surface area (Å²) in [5.41, 5.74) is 0. The molecule has 0 aliphatic heterocycles. The van der Waals surface area contributed by atoms with Gasteiger partial charge in [0.2, 0.25) is 0 Å². The van der Waals surface area contributed by atoms with Crippen molar-refractivity contribution in [3.8, 4) is 0 Å². The molecular formula is C28H52O4. The van der Waals surface area contributed by atoms with Crippen LogP contribution in [0, 0.1) is 17.8 Å². The maximum Gasteiger partial charge on any atom is 0.309 e. The molecule has 4 heteroatoms. The lowest BCUT2D eigenvalue weighted by molar-refractivity contribution is -0.163. The highest BCUT2D eigenvalue weighted by Gasteiger charge is 2.37. The maximum absolute atomic E-state index is 12.6. The Morgan fingerprint density at radius 1 is 0.656 bits per heavy atom. The van der Waals surface area contributed by atoms with Crippen LogP contribution in [0.2, 0.25) is 0 Å². The first kappa shape index (κ1) is 29.0. The SMILES string of the molecule is CCCCCCCCCOC(=O)C1CCCCC1C(=O)OCCCCCCCCC(C)C. The zero-order chi connectivity index (χ0) is 23.4. The average Bonchev–Trinajstić information content (AvgIpc) is 2.79. The number of hydrogen-bond acceptors (Lipinski definition) is 4. The van der Waals surface area contributed by atoms with Crippen LogP contribution in [-0.4, -0.2) is 25.2 Å². The van der Waals surface area contributed by atoms with Gasteiger partial charge in [0, 0.05) is 0 Å². The molecule has 32 heavy (non-hydrogen) atoms. The van der Waals surface area contributed by atoms with Crippen molar-refractivity contribution in [1.29, 1.82) is 0 Å². The molecule has 1 saturated carbocycles. The lowest BCUT2D eigenvalue weighted by Gasteiger charge is -2.28. The van der Waals surface area contributed by atoms with E-state index < -0.39 is 0 Å². The van der Waals surface area contributed by atoms with E-state index in [2.05, 4.69) is 20.8 Å². The first-order chi connectivity index (χ1) is 15.6. The minimum absolute atomic E-state index is 0.181. The molecule has 0 aromatic carbocycles. The molecular weight excluding hydrogens is 400 g/mol. The van der Waals surface area contributed by atoms with Gasteiger partial charge in [0.05, 0.1) is 25.0 Å². The van der Waals surface area contributed by atoms with Crippen LogP contribution in [0.15, 0.2) is 0 Å². The summed E-state index contributed by atoms with van der Waals surface area (Å²) in [4.78, 5) is 25.2. The number of unbranched alkanes of at least 4 members (excludes halogenated alkanes) is 11. The molecule has 0 N–H and O–H groups in total. The van der Waals surface area contributed by atoms with E-state index in [-0.39, 0.29) is 23.8 Å². The molecule has 1 rings (SSSR count).